The lowest BCUT2D eigenvalue weighted by molar-refractivity contribution is -0.161. The molecule has 530 valence electrons. The Kier molecular flexibility index (Phi) is 37.7. The molecule has 21 heteroatoms. The number of phosphoric ester groups is 1. The first-order valence-electron chi connectivity index (χ1n) is 36.1. The average Bonchev–Trinajstić information content (AvgIpc) is 1.57. The minimum atomic E-state index is -4.73. The number of ether oxygens (including phenoxy) is 3. The summed E-state index contributed by atoms with van der Waals surface area (Å²) < 4.78 is 49.1. The summed E-state index contributed by atoms with van der Waals surface area (Å²) in [6.45, 7) is 2.96. The Morgan fingerprint density at radius 2 is 1.28 bits per heavy atom. The molecule has 6 rings (SSSR count). The number of furan rings is 1. The molecule has 3 aromatic heterocycles. The Morgan fingerprint density at radius 3 is 1.91 bits per heavy atom. The maximum atomic E-state index is 14.8. The molecule has 3 N–H and O–H groups in total. The zero-order valence-electron chi connectivity index (χ0n) is 57.7. The second-order valence-electron chi connectivity index (χ2n) is 25.4. The number of nitrogens with one attached hydrogen (secondary N) is 2. The number of phosphoric acid groups is 1. The van der Waals surface area contributed by atoms with E-state index in [1.165, 1.54) is 81.6 Å². The van der Waals surface area contributed by atoms with Crippen LogP contribution in [0.15, 0.2) is 99.5 Å². The van der Waals surface area contributed by atoms with Gasteiger partial charge >= 0.3 is 25.7 Å². The molecule has 1 aliphatic carbocycles. The summed E-state index contributed by atoms with van der Waals surface area (Å²) in [6.07, 6.45) is 44.2. The van der Waals surface area contributed by atoms with Crippen LogP contribution in [0.4, 0.5) is 0 Å². The number of aryl methyl sites for hydroxylation is 1. The maximum Gasteiger partial charge on any atom is 0.472 e. The molecule has 19 nitrogen and oxygen atoms in total. The predicted octanol–water partition coefficient (Wildman–Crippen LogP) is 17.5. The number of rotatable bonds is 51. The van der Waals surface area contributed by atoms with Crippen LogP contribution in [-0.4, -0.2) is 93.0 Å². The van der Waals surface area contributed by atoms with Gasteiger partial charge < -0.3 is 38.7 Å². The SMILES string of the molecule is CCCCCCCC/C=C\CCCCCCCC(=O)OC[C@H](COP(=O)(O)OCCNC(=O)CCCC(=O)Oc1cccc(-n2c(SCC(=O)NC3CCCCC3)nc3c4cc(-c5ccco5)ccc4n(C)c3c2=O)c1)OC(=O)CCCCCCC/C=C\CCCCCCCC. The number of carbonyl (C=O) groups excluding carboxylic acids is 5. The zero-order valence-corrected chi connectivity index (χ0v) is 59.4. The van der Waals surface area contributed by atoms with Crippen molar-refractivity contribution in [3.8, 4) is 22.8 Å². The highest BCUT2D eigenvalue weighted by atomic mass is 32.2. The van der Waals surface area contributed by atoms with Crippen molar-refractivity contribution in [1.82, 2.24) is 24.8 Å². The van der Waals surface area contributed by atoms with Gasteiger partial charge in [-0.3, -0.25) is 42.4 Å². The maximum absolute atomic E-state index is 14.8. The summed E-state index contributed by atoms with van der Waals surface area (Å²) in [5.41, 5.74) is 2.36. The summed E-state index contributed by atoms with van der Waals surface area (Å²) in [7, 11) is -2.94. The van der Waals surface area contributed by atoms with Crippen molar-refractivity contribution in [2.45, 2.75) is 262 Å². The minimum Gasteiger partial charge on any atom is -0.464 e. The number of unbranched alkanes of at least 4 members (excludes halogenated alkanes) is 22. The molecule has 0 saturated heterocycles. The van der Waals surface area contributed by atoms with Crippen molar-refractivity contribution in [3.63, 3.8) is 0 Å². The van der Waals surface area contributed by atoms with E-state index in [2.05, 4.69) is 48.8 Å². The van der Waals surface area contributed by atoms with Crippen LogP contribution < -0.4 is 20.9 Å². The fourth-order valence-corrected chi connectivity index (χ4v) is 13.5. The summed E-state index contributed by atoms with van der Waals surface area (Å²) in [4.78, 5) is 95.6. The Labute approximate surface area is 574 Å². The van der Waals surface area contributed by atoms with Crippen LogP contribution in [0.3, 0.4) is 0 Å². The van der Waals surface area contributed by atoms with Gasteiger partial charge in [-0.2, -0.15) is 0 Å². The van der Waals surface area contributed by atoms with Crippen LogP contribution in [0.2, 0.25) is 0 Å². The molecule has 1 unspecified atom stereocenters. The van der Waals surface area contributed by atoms with Gasteiger partial charge in [0.1, 0.15) is 29.2 Å². The highest BCUT2D eigenvalue weighted by molar-refractivity contribution is 7.99. The topological polar surface area (TPSA) is 246 Å². The zero-order chi connectivity index (χ0) is 68.4. The highest BCUT2D eigenvalue weighted by Gasteiger charge is 2.27. The molecule has 96 heavy (non-hydrogen) atoms. The first kappa shape index (κ1) is 78.7. The molecule has 1 saturated carbocycles. The van der Waals surface area contributed by atoms with E-state index < -0.39 is 51.0 Å². The molecule has 2 amide bonds. The van der Waals surface area contributed by atoms with Gasteiger partial charge in [-0.15, -0.1) is 0 Å². The Bertz CT molecular complexity index is 3280. The number of aromatic nitrogens is 3. The number of fused-ring (bicyclic) bond motifs is 3. The number of hydrogen-bond acceptors (Lipinski definition) is 15. The van der Waals surface area contributed by atoms with Crippen molar-refractivity contribution in [2.75, 3.05) is 32.1 Å². The van der Waals surface area contributed by atoms with Gasteiger partial charge in [-0.25, -0.2) is 9.55 Å². The number of allylic oxidation sites excluding steroid dienone is 4. The van der Waals surface area contributed by atoms with E-state index in [4.69, 9.17) is 32.7 Å². The van der Waals surface area contributed by atoms with E-state index >= 15 is 0 Å². The molecule has 0 spiro atoms. The number of thioether (sulfide) groups is 1. The number of esters is 3. The van der Waals surface area contributed by atoms with Crippen molar-refractivity contribution < 1.29 is 61.1 Å². The Hall–Kier alpha value is -6.31. The molecule has 5 aromatic rings. The van der Waals surface area contributed by atoms with Crippen molar-refractivity contribution in [3.05, 3.63) is 95.5 Å². The van der Waals surface area contributed by atoms with E-state index in [1.54, 1.807) is 48.2 Å². The van der Waals surface area contributed by atoms with Crippen LogP contribution in [0.25, 0.3) is 38.9 Å². The first-order valence-corrected chi connectivity index (χ1v) is 38.6. The van der Waals surface area contributed by atoms with Gasteiger partial charge in [-0.1, -0.05) is 178 Å². The molecule has 1 fully saturated rings. The molecular weight excluding hydrogens is 1260 g/mol. The lowest BCUT2D eigenvalue weighted by Gasteiger charge is -2.22. The number of benzene rings is 2. The second-order valence-corrected chi connectivity index (χ2v) is 27.8. The Morgan fingerprint density at radius 1 is 0.677 bits per heavy atom. The molecule has 1 aliphatic rings. The molecule has 3 heterocycles. The third kappa shape index (κ3) is 30.2. The van der Waals surface area contributed by atoms with Gasteiger partial charge in [0, 0.05) is 62.3 Å². The lowest BCUT2D eigenvalue weighted by atomic mass is 9.95. The van der Waals surface area contributed by atoms with Crippen LogP contribution in [-0.2, 0) is 54.1 Å². The van der Waals surface area contributed by atoms with Crippen LogP contribution in [0, 0.1) is 0 Å². The normalized spacial score (nSPS) is 13.8. The van der Waals surface area contributed by atoms with Crippen molar-refractivity contribution >= 4 is 71.2 Å². The third-order valence-electron chi connectivity index (χ3n) is 17.3. The molecular formula is C75H110N5O14PS. The van der Waals surface area contributed by atoms with Gasteiger partial charge in [0.2, 0.25) is 11.8 Å². The van der Waals surface area contributed by atoms with E-state index in [0.717, 1.165) is 137 Å². The monoisotopic (exact) mass is 1370 g/mol. The smallest absolute Gasteiger partial charge is 0.464 e. The molecule has 0 radical (unpaired) electrons. The predicted molar refractivity (Wildman–Crippen MR) is 381 cm³/mol. The fraction of sp³-hybridized carbons (Fsp3) is 0.613. The van der Waals surface area contributed by atoms with Gasteiger partial charge in [0.15, 0.2) is 11.3 Å². The largest absolute Gasteiger partial charge is 0.472 e. The summed E-state index contributed by atoms with van der Waals surface area (Å²) in [6, 6.07) is 16.0. The first-order chi connectivity index (χ1) is 46.7. The van der Waals surface area contributed by atoms with Gasteiger partial charge in [-0.05, 0) is 126 Å². The summed E-state index contributed by atoms with van der Waals surface area (Å²) in [5.74, 6) is -1.40. The fourth-order valence-electron chi connectivity index (χ4n) is 11.9. The van der Waals surface area contributed by atoms with E-state index in [-0.39, 0.29) is 79.4 Å². The summed E-state index contributed by atoms with van der Waals surface area (Å²) >= 11 is 1.14. The van der Waals surface area contributed by atoms with Crippen LogP contribution in [0.5, 0.6) is 5.75 Å². The van der Waals surface area contributed by atoms with E-state index in [9.17, 15) is 38.2 Å². The lowest BCUT2D eigenvalue weighted by Crippen LogP contribution is -2.37. The molecule has 2 aromatic carbocycles. The second kappa shape index (κ2) is 46.1. The van der Waals surface area contributed by atoms with Crippen molar-refractivity contribution in [2.24, 2.45) is 7.05 Å². The highest BCUT2D eigenvalue weighted by Crippen LogP contribution is 2.43. The average molecular weight is 1370 g/mol. The third-order valence-corrected chi connectivity index (χ3v) is 19.2. The standard InChI is InChI=1S/C75H110N5O14PS/c1-4-6-8-10-12-14-16-18-20-22-24-26-28-30-35-46-69(83)90-56-63(94-70(84)47-36-31-29-27-25-23-21-19-17-15-13-11-9-7-5-2)57-92-95(87,88)91-53-51-76-67(81)45-38-48-71(85)93-62-43-37-42-61(55-62)80-74(86)73-72(78-75(80)96-58-68(82)77-60-40-33-32-34-41-60)64-54-59(66-44-39-52-89-66)49-50-65(64)79(73)3/h18-21,37,39,42-44,49-50,52,54-55,60,63H,4-17,22-36,38,40-41,45-48,51,53,56-58H2,1-3H3,(H,76,81)(H,77,82)(H,87,88)/b20-18-,21-19-/t63-/m1/s1. The number of amides is 2. The number of nitrogens with zero attached hydrogens (tertiary/aromatic N) is 3. The Balaban J connectivity index is 0.928. The molecule has 2 atom stereocenters. The van der Waals surface area contributed by atoms with Crippen LogP contribution in [0.1, 0.15) is 245 Å². The number of hydrogen-bond donors (Lipinski definition) is 3. The number of carbonyl (C=O) groups is 5. The quantitative estimate of drug-likeness (QED) is 0.00623. The summed E-state index contributed by atoms with van der Waals surface area (Å²) in [5, 5.41) is 6.77. The molecule has 0 bridgehead atoms. The van der Waals surface area contributed by atoms with Crippen LogP contribution >= 0.6 is 19.6 Å². The van der Waals surface area contributed by atoms with Crippen molar-refractivity contribution in [1.29, 1.82) is 0 Å². The molecule has 0 aliphatic heterocycles. The van der Waals surface area contributed by atoms with Gasteiger partial charge in [0.25, 0.3) is 5.56 Å². The van der Waals surface area contributed by atoms with E-state index in [0.29, 0.717) is 35.3 Å². The minimum absolute atomic E-state index is 0.0154. The van der Waals surface area contributed by atoms with E-state index in [1.807, 2.05) is 24.3 Å². The van der Waals surface area contributed by atoms with Gasteiger partial charge in [0.05, 0.1) is 36.4 Å².